The highest BCUT2D eigenvalue weighted by Crippen LogP contribution is 2.15. The van der Waals surface area contributed by atoms with Gasteiger partial charge in [-0.2, -0.15) is 0 Å². The highest BCUT2D eigenvalue weighted by atomic mass is 16.1. The first kappa shape index (κ1) is 14.2. The topological polar surface area (TPSA) is 54.9 Å². The Morgan fingerprint density at radius 3 is 2.64 bits per heavy atom. The van der Waals surface area contributed by atoms with Gasteiger partial charge >= 0.3 is 0 Å². The van der Waals surface area contributed by atoms with Crippen molar-refractivity contribution in [3.8, 4) is 0 Å². The van der Waals surface area contributed by atoms with Crippen LogP contribution >= 0.6 is 0 Å². The third-order valence-electron chi connectivity index (χ3n) is 3.53. The Bertz CT molecular complexity index is 797. The van der Waals surface area contributed by atoms with Crippen molar-refractivity contribution in [2.24, 2.45) is 0 Å². The summed E-state index contributed by atoms with van der Waals surface area (Å²) in [5, 5.41) is 5.32. The van der Waals surface area contributed by atoms with E-state index in [2.05, 4.69) is 45.6 Å². The molecule has 0 aliphatic heterocycles. The van der Waals surface area contributed by atoms with Crippen molar-refractivity contribution in [2.75, 3.05) is 6.54 Å². The fraction of sp³-hybridized carbons (Fsp3) is 0.167. The lowest BCUT2D eigenvalue weighted by Crippen LogP contribution is -2.26. The van der Waals surface area contributed by atoms with Gasteiger partial charge in [0.25, 0.3) is 5.91 Å². The number of aryl methyl sites for hydroxylation is 1. The van der Waals surface area contributed by atoms with E-state index in [0.29, 0.717) is 12.2 Å². The first-order valence-corrected chi connectivity index (χ1v) is 7.27. The highest BCUT2D eigenvalue weighted by molar-refractivity contribution is 5.91. The number of nitrogens with one attached hydrogen (secondary N) is 1. The summed E-state index contributed by atoms with van der Waals surface area (Å²) in [6.07, 6.45) is 3.88. The smallest absolute Gasteiger partial charge is 0.271 e. The highest BCUT2D eigenvalue weighted by Gasteiger charge is 2.06. The summed E-state index contributed by atoms with van der Waals surface area (Å²) in [5.41, 5.74) is 2.35. The molecule has 110 valence electrons. The van der Waals surface area contributed by atoms with Crippen LogP contribution in [0.4, 0.5) is 0 Å². The summed E-state index contributed by atoms with van der Waals surface area (Å²) in [5.74, 6) is -0.187. The third-order valence-corrected chi connectivity index (χ3v) is 3.53. The van der Waals surface area contributed by atoms with Crippen LogP contribution in [0.3, 0.4) is 0 Å². The molecule has 0 aliphatic rings. The van der Waals surface area contributed by atoms with E-state index in [0.717, 1.165) is 12.1 Å². The zero-order chi connectivity index (χ0) is 15.4. The van der Waals surface area contributed by atoms with E-state index in [4.69, 9.17) is 0 Å². The number of carbonyl (C=O) groups is 1. The molecule has 0 radical (unpaired) electrons. The first-order chi connectivity index (χ1) is 10.7. The Kier molecular flexibility index (Phi) is 4.10. The Morgan fingerprint density at radius 1 is 1.05 bits per heavy atom. The maximum atomic E-state index is 11.9. The van der Waals surface area contributed by atoms with Gasteiger partial charge in [-0.1, -0.05) is 42.5 Å². The molecule has 1 N–H and O–H groups in total. The van der Waals surface area contributed by atoms with Crippen LogP contribution in [-0.2, 0) is 6.42 Å². The van der Waals surface area contributed by atoms with Crippen LogP contribution in [0.5, 0.6) is 0 Å². The molecular weight excluding hydrogens is 274 g/mol. The summed E-state index contributed by atoms with van der Waals surface area (Å²) in [7, 11) is 0. The van der Waals surface area contributed by atoms with Crippen molar-refractivity contribution in [1.82, 2.24) is 15.3 Å². The van der Waals surface area contributed by atoms with Crippen LogP contribution in [0.1, 0.15) is 21.7 Å². The van der Waals surface area contributed by atoms with Crippen LogP contribution in [0.15, 0.2) is 54.9 Å². The van der Waals surface area contributed by atoms with Gasteiger partial charge in [-0.25, -0.2) is 4.98 Å². The molecule has 0 bridgehead atoms. The van der Waals surface area contributed by atoms with Crippen molar-refractivity contribution in [2.45, 2.75) is 13.3 Å². The number of hydrogen-bond acceptors (Lipinski definition) is 3. The van der Waals surface area contributed by atoms with Crippen LogP contribution in [0.25, 0.3) is 10.8 Å². The maximum Gasteiger partial charge on any atom is 0.271 e. The zero-order valence-corrected chi connectivity index (χ0v) is 12.4. The molecule has 4 heteroatoms. The van der Waals surface area contributed by atoms with Crippen molar-refractivity contribution < 1.29 is 4.79 Å². The normalized spacial score (nSPS) is 10.6. The molecule has 0 saturated carbocycles. The van der Waals surface area contributed by atoms with E-state index in [-0.39, 0.29) is 5.91 Å². The lowest BCUT2D eigenvalue weighted by molar-refractivity contribution is 0.0948. The summed E-state index contributed by atoms with van der Waals surface area (Å²) in [6, 6.07) is 14.6. The predicted molar refractivity (Wildman–Crippen MR) is 86.8 cm³/mol. The van der Waals surface area contributed by atoms with Gasteiger partial charge in [0.1, 0.15) is 5.69 Å². The van der Waals surface area contributed by atoms with E-state index in [1.807, 2.05) is 19.1 Å². The summed E-state index contributed by atoms with van der Waals surface area (Å²) in [6.45, 7) is 2.42. The molecular formula is C18H17N3O. The molecule has 1 heterocycles. The fourth-order valence-electron chi connectivity index (χ4n) is 2.32. The molecule has 0 unspecified atom stereocenters. The average molecular weight is 291 g/mol. The van der Waals surface area contributed by atoms with Gasteiger partial charge in [0.05, 0.1) is 11.9 Å². The monoisotopic (exact) mass is 291 g/mol. The number of benzene rings is 2. The standard InChI is InChI=1S/C18H17N3O/c1-13-11-21-17(12-20-13)18(22)19-9-8-14-6-7-15-4-2-3-5-16(15)10-14/h2-7,10-12H,8-9H2,1H3,(H,19,22). The van der Waals surface area contributed by atoms with Crippen LogP contribution in [-0.4, -0.2) is 22.4 Å². The summed E-state index contributed by atoms with van der Waals surface area (Å²) in [4.78, 5) is 20.1. The molecule has 3 aromatic rings. The van der Waals surface area contributed by atoms with E-state index < -0.39 is 0 Å². The number of fused-ring (bicyclic) bond motifs is 1. The summed E-state index contributed by atoms with van der Waals surface area (Å²) < 4.78 is 0. The van der Waals surface area contributed by atoms with Gasteiger partial charge in [-0.3, -0.25) is 9.78 Å². The number of rotatable bonds is 4. The number of hydrogen-bond donors (Lipinski definition) is 1. The van der Waals surface area contributed by atoms with Gasteiger partial charge in [0.15, 0.2) is 0 Å². The third kappa shape index (κ3) is 3.28. The van der Waals surface area contributed by atoms with Crippen molar-refractivity contribution >= 4 is 16.7 Å². The molecule has 0 spiro atoms. The molecule has 22 heavy (non-hydrogen) atoms. The Labute approximate surface area is 129 Å². The molecule has 0 saturated heterocycles. The fourth-order valence-corrected chi connectivity index (χ4v) is 2.32. The van der Waals surface area contributed by atoms with Crippen molar-refractivity contribution in [1.29, 1.82) is 0 Å². The van der Waals surface area contributed by atoms with Gasteiger partial charge in [-0.05, 0) is 29.7 Å². The molecule has 3 rings (SSSR count). The quantitative estimate of drug-likeness (QED) is 0.804. The number of nitrogens with zero attached hydrogens (tertiary/aromatic N) is 2. The molecule has 2 aromatic carbocycles. The second kappa shape index (κ2) is 6.35. The average Bonchev–Trinajstić information content (AvgIpc) is 2.55. The molecule has 1 amide bonds. The lowest BCUT2D eigenvalue weighted by atomic mass is 10.1. The summed E-state index contributed by atoms with van der Waals surface area (Å²) >= 11 is 0. The van der Waals surface area contributed by atoms with Crippen molar-refractivity contribution in [3.05, 3.63) is 71.8 Å². The molecule has 4 nitrogen and oxygen atoms in total. The zero-order valence-electron chi connectivity index (χ0n) is 12.4. The van der Waals surface area contributed by atoms with Crippen LogP contribution in [0, 0.1) is 6.92 Å². The Balaban J connectivity index is 1.59. The number of amides is 1. The van der Waals surface area contributed by atoms with E-state index in [1.165, 1.54) is 22.5 Å². The molecule has 0 aliphatic carbocycles. The SMILES string of the molecule is Cc1cnc(C(=O)NCCc2ccc3ccccc3c2)cn1. The van der Waals surface area contributed by atoms with Gasteiger partial charge in [-0.15, -0.1) is 0 Å². The Morgan fingerprint density at radius 2 is 1.86 bits per heavy atom. The van der Waals surface area contributed by atoms with E-state index in [9.17, 15) is 4.79 Å². The van der Waals surface area contributed by atoms with Crippen molar-refractivity contribution in [3.63, 3.8) is 0 Å². The van der Waals surface area contributed by atoms with E-state index in [1.54, 1.807) is 6.20 Å². The second-order valence-corrected chi connectivity index (χ2v) is 5.23. The molecule has 1 aromatic heterocycles. The van der Waals surface area contributed by atoms with Gasteiger partial charge < -0.3 is 5.32 Å². The first-order valence-electron chi connectivity index (χ1n) is 7.27. The predicted octanol–water partition coefficient (Wildman–Crippen LogP) is 2.91. The molecule has 0 fully saturated rings. The minimum atomic E-state index is -0.187. The van der Waals surface area contributed by atoms with Crippen LogP contribution < -0.4 is 5.32 Å². The number of carbonyl (C=O) groups excluding carboxylic acids is 1. The largest absolute Gasteiger partial charge is 0.350 e. The maximum absolute atomic E-state index is 11.9. The molecule has 0 atom stereocenters. The lowest BCUT2D eigenvalue weighted by Gasteiger charge is -2.06. The Hall–Kier alpha value is -2.75. The minimum Gasteiger partial charge on any atom is -0.350 e. The number of aromatic nitrogens is 2. The van der Waals surface area contributed by atoms with Gasteiger partial charge in [0.2, 0.25) is 0 Å². The second-order valence-electron chi connectivity index (χ2n) is 5.23. The van der Waals surface area contributed by atoms with E-state index >= 15 is 0 Å². The van der Waals surface area contributed by atoms with Gasteiger partial charge in [0, 0.05) is 12.7 Å². The minimum absolute atomic E-state index is 0.187. The van der Waals surface area contributed by atoms with Crippen LogP contribution in [0.2, 0.25) is 0 Å².